The molecule has 32 heavy (non-hydrogen) atoms. The van der Waals surface area contributed by atoms with Crippen molar-refractivity contribution in [2.75, 3.05) is 17.7 Å². The van der Waals surface area contributed by atoms with Crippen molar-refractivity contribution in [2.45, 2.75) is 26.2 Å². The number of esters is 1. The lowest BCUT2D eigenvalue weighted by atomic mass is 9.85. The van der Waals surface area contributed by atoms with Crippen LogP contribution in [0.15, 0.2) is 69.0 Å². The molecule has 2 N–H and O–H groups in total. The van der Waals surface area contributed by atoms with Crippen LogP contribution < -0.4 is 10.6 Å². The van der Waals surface area contributed by atoms with Gasteiger partial charge >= 0.3 is 5.97 Å². The Kier molecular flexibility index (Phi) is 8.03. The van der Waals surface area contributed by atoms with Crippen molar-refractivity contribution < 1.29 is 18.7 Å². The van der Waals surface area contributed by atoms with E-state index in [0.717, 1.165) is 18.2 Å². The van der Waals surface area contributed by atoms with Crippen LogP contribution in [0.4, 0.5) is 5.69 Å². The summed E-state index contributed by atoms with van der Waals surface area (Å²) in [6, 6.07) is 12.3. The molecule has 1 aliphatic heterocycles. The highest BCUT2D eigenvalue weighted by Gasteiger charge is 2.36. The first-order valence-electron chi connectivity index (χ1n) is 9.95. The molecule has 166 valence electrons. The fraction of sp³-hybridized carbons (Fsp3) is 0.261. The summed E-state index contributed by atoms with van der Waals surface area (Å²) in [4.78, 5) is 25.2. The molecule has 3 rings (SSSR count). The zero-order chi connectivity index (χ0) is 23.1. The van der Waals surface area contributed by atoms with Crippen LogP contribution in [0, 0.1) is 11.3 Å². The van der Waals surface area contributed by atoms with Gasteiger partial charge < -0.3 is 19.8 Å². The number of benzene rings is 1. The average molecular weight is 472 g/mol. The van der Waals surface area contributed by atoms with Crippen LogP contribution >= 0.6 is 23.4 Å². The van der Waals surface area contributed by atoms with Gasteiger partial charge in [-0.05, 0) is 49.7 Å². The Hall–Kier alpha value is -3.15. The maximum absolute atomic E-state index is 13.2. The molecule has 0 saturated heterocycles. The van der Waals surface area contributed by atoms with E-state index in [0.29, 0.717) is 44.9 Å². The number of carbonyl (C=O) groups excluding carboxylic acids is 2. The van der Waals surface area contributed by atoms with Crippen LogP contribution in [0.3, 0.4) is 0 Å². The molecule has 1 atom stereocenters. The molecule has 1 aromatic carbocycles. The molecule has 0 saturated carbocycles. The highest BCUT2D eigenvalue weighted by atomic mass is 35.5. The van der Waals surface area contributed by atoms with Crippen molar-refractivity contribution in [1.29, 1.82) is 5.26 Å². The molecule has 7 nitrogen and oxygen atoms in total. The van der Waals surface area contributed by atoms with Crippen LogP contribution in [0.25, 0.3) is 0 Å². The summed E-state index contributed by atoms with van der Waals surface area (Å²) in [6.07, 6.45) is 2.22. The number of allylic oxidation sites excluding steroid dienone is 2. The molecular formula is C23H22ClN3O4S. The molecule has 0 aliphatic carbocycles. The van der Waals surface area contributed by atoms with Crippen LogP contribution in [-0.2, 0) is 14.3 Å². The van der Waals surface area contributed by atoms with Gasteiger partial charge in [0, 0.05) is 16.4 Å². The number of ether oxygens (including phenoxy) is 1. The minimum atomic E-state index is -0.724. The lowest BCUT2D eigenvalue weighted by Crippen LogP contribution is -2.30. The third-order valence-electron chi connectivity index (χ3n) is 4.62. The maximum atomic E-state index is 13.2. The van der Waals surface area contributed by atoms with E-state index in [-0.39, 0.29) is 17.6 Å². The zero-order valence-corrected chi connectivity index (χ0v) is 19.2. The van der Waals surface area contributed by atoms with Gasteiger partial charge in [0.25, 0.3) is 5.91 Å². The largest absolute Gasteiger partial charge is 0.468 e. The second-order valence-corrected chi connectivity index (χ2v) is 8.36. The summed E-state index contributed by atoms with van der Waals surface area (Å²) in [5.74, 6) is -0.977. The molecule has 0 spiro atoms. The number of nitrogens with one attached hydrogen (secondary N) is 2. The van der Waals surface area contributed by atoms with Gasteiger partial charge in [-0.2, -0.15) is 5.26 Å². The van der Waals surface area contributed by atoms with Gasteiger partial charge in [-0.25, -0.2) is 0 Å². The van der Waals surface area contributed by atoms with E-state index >= 15 is 0 Å². The van der Waals surface area contributed by atoms with Crippen LogP contribution in [0.2, 0.25) is 5.02 Å². The van der Waals surface area contributed by atoms with Gasteiger partial charge in [-0.1, -0.05) is 30.3 Å². The predicted octanol–water partition coefficient (Wildman–Crippen LogP) is 4.95. The summed E-state index contributed by atoms with van der Waals surface area (Å²) in [5.41, 5.74) is 1.77. The number of carbonyl (C=O) groups is 2. The molecule has 1 amide bonds. The molecule has 1 aliphatic rings. The normalized spacial score (nSPS) is 15.8. The van der Waals surface area contributed by atoms with E-state index in [1.54, 1.807) is 43.3 Å². The first-order valence-corrected chi connectivity index (χ1v) is 11.3. The van der Waals surface area contributed by atoms with Crippen molar-refractivity contribution in [3.8, 4) is 6.07 Å². The predicted molar refractivity (Wildman–Crippen MR) is 124 cm³/mol. The van der Waals surface area contributed by atoms with E-state index in [1.807, 2.05) is 6.92 Å². The molecule has 1 aromatic heterocycles. The number of dihydropyridines is 1. The van der Waals surface area contributed by atoms with E-state index in [9.17, 15) is 14.9 Å². The lowest BCUT2D eigenvalue weighted by molar-refractivity contribution is -0.140. The Bertz CT molecular complexity index is 1090. The van der Waals surface area contributed by atoms with Gasteiger partial charge in [0.1, 0.15) is 5.76 Å². The third-order valence-corrected chi connectivity index (χ3v) is 5.87. The lowest BCUT2D eigenvalue weighted by Gasteiger charge is -2.28. The number of nitriles is 1. The van der Waals surface area contributed by atoms with Crippen LogP contribution in [0.5, 0.6) is 0 Å². The maximum Gasteiger partial charge on any atom is 0.316 e. The summed E-state index contributed by atoms with van der Waals surface area (Å²) in [7, 11) is 0. The average Bonchev–Trinajstić information content (AvgIpc) is 3.31. The van der Waals surface area contributed by atoms with E-state index in [2.05, 4.69) is 16.7 Å². The Morgan fingerprint density at radius 1 is 1.31 bits per heavy atom. The minimum Gasteiger partial charge on any atom is -0.468 e. The minimum absolute atomic E-state index is 0.0397. The molecule has 0 radical (unpaired) electrons. The number of furan rings is 1. The van der Waals surface area contributed by atoms with Crippen molar-refractivity contribution >= 4 is 40.9 Å². The molecule has 0 unspecified atom stereocenters. The SMILES string of the molecule is CCCOC(=O)CSC1=C(C#N)[C@H](c2ccco2)C(C(=O)Nc2ccc(Cl)cc2)=C(C)N1. The number of hydrogen-bond donors (Lipinski definition) is 2. The molecule has 0 fully saturated rings. The second kappa shape index (κ2) is 10.9. The van der Waals surface area contributed by atoms with Crippen molar-refractivity contribution in [2.24, 2.45) is 0 Å². The van der Waals surface area contributed by atoms with E-state index < -0.39 is 5.92 Å². The van der Waals surface area contributed by atoms with Crippen molar-refractivity contribution in [3.05, 3.63) is 75.3 Å². The molecule has 0 bridgehead atoms. The van der Waals surface area contributed by atoms with Crippen molar-refractivity contribution in [1.82, 2.24) is 5.32 Å². The highest BCUT2D eigenvalue weighted by Crippen LogP contribution is 2.41. The Morgan fingerprint density at radius 3 is 2.69 bits per heavy atom. The zero-order valence-electron chi connectivity index (χ0n) is 17.6. The number of anilines is 1. The number of thioether (sulfide) groups is 1. The molecule has 9 heteroatoms. The fourth-order valence-corrected chi connectivity index (χ4v) is 4.20. The number of rotatable bonds is 8. The quantitative estimate of drug-likeness (QED) is 0.524. The number of nitrogens with zero attached hydrogens (tertiary/aromatic N) is 1. The van der Waals surface area contributed by atoms with E-state index in [4.69, 9.17) is 20.8 Å². The van der Waals surface area contributed by atoms with Crippen LogP contribution in [-0.4, -0.2) is 24.2 Å². The first kappa shape index (κ1) is 23.5. The standard InChI is InChI=1S/C23H22ClN3O4S/c1-3-10-31-19(28)13-32-23-17(12-25)21(18-5-4-11-30-18)20(14(2)26-23)22(29)27-16-8-6-15(24)7-9-16/h4-9,11,21,26H,3,10,13H2,1-2H3,(H,27,29)/t21-/m1/s1. The Balaban J connectivity index is 1.90. The van der Waals surface area contributed by atoms with Gasteiger partial charge in [0.05, 0.1) is 46.8 Å². The summed E-state index contributed by atoms with van der Waals surface area (Å²) in [5, 5.41) is 17.0. The van der Waals surface area contributed by atoms with E-state index in [1.165, 1.54) is 6.26 Å². The number of halogens is 1. The van der Waals surface area contributed by atoms with Gasteiger partial charge in [-0.3, -0.25) is 9.59 Å². The van der Waals surface area contributed by atoms with Crippen LogP contribution in [0.1, 0.15) is 31.9 Å². The Labute approximate surface area is 195 Å². The third kappa shape index (κ3) is 5.55. The topological polar surface area (TPSA) is 104 Å². The number of hydrogen-bond acceptors (Lipinski definition) is 7. The molecule has 2 heterocycles. The summed E-state index contributed by atoms with van der Waals surface area (Å²) < 4.78 is 10.7. The monoisotopic (exact) mass is 471 g/mol. The van der Waals surface area contributed by atoms with Crippen molar-refractivity contribution in [3.63, 3.8) is 0 Å². The molecular weight excluding hydrogens is 450 g/mol. The molecule has 2 aromatic rings. The number of amides is 1. The summed E-state index contributed by atoms with van der Waals surface area (Å²) in [6.45, 7) is 4.01. The van der Waals surface area contributed by atoms with Gasteiger partial charge in [0.15, 0.2) is 0 Å². The van der Waals surface area contributed by atoms with Gasteiger partial charge in [-0.15, -0.1) is 0 Å². The van der Waals surface area contributed by atoms with Gasteiger partial charge in [0.2, 0.25) is 0 Å². The highest BCUT2D eigenvalue weighted by molar-refractivity contribution is 8.03. The summed E-state index contributed by atoms with van der Waals surface area (Å²) >= 11 is 7.08. The Morgan fingerprint density at radius 2 is 2.06 bits per heavy atom. The smallest absolute Gasteiger partial charge is 0.316 e. The fourth-order valence-electron chi connectivity index (χ4n) is 3.19. The first-order chi connectivity index (χ1) is 15.4. The second-order valence-electron chi connectivity index (χ2n) is 6.94.